The molecule has 2 N–H and O–H groups in total. The fraction of sp³-hybridized carbons (Fsp3) is 0.385. The van der Waals surface area contributed by atoms with Gasteiger partial charge in [0.15, 0.2) is 16.9 Å². The predicted octanol–water partition coefficient (Wildman–Crippen LogP) is 1.31. The molecule has 2 atom stereocenters. The van der Waals surface area contributed by atoms with Crippen molar-refractivity contribution in [3.8, 4) is 17.9 Å². The largest absolute Gasteiger partial charge is 0.455 e. The molecule has 1 unspecified atom stereocenters. The maximum atomic E-state index is 13.7. The number of nitriles is 1. The van der Waals surface area contributed by atoms with Crippen LogP contribution in [0.15, 0.2) is 45.9 Å². The number of hydrogen-bond acceptors (Lipinski definition) is 8. The lowest BCUT2D eigenvalue weighted by atomic mass is 10.1. The van der Waals surface area contributed by atoms with Gasteiger partial charge >= 0.3 is 5.69 Å². The van der Waals surface area contributed by atoms with Crippen LogP contribution >= 0.6 is 0 Å². The summed E-state index contributed by atoms with van der Waals surface area (Å²) in [5.41, 5.74) is 7.02. The number of nitrogens with zero attached hydrogens (tertiary/aromatic N) is 6. The van der Waals surface area contributed by atoms with E-state index in [4.69, 9.17) is 25.5 Å². The SMILES string of the molecule is CC#CCn1c(N2CCC[C@@H](N)C2)nc2c1c(=O)n(CC1=COC(c3ccc(C#N)cc3)O1)c(=O)n2C. The van der Waals surface area contributed by atoms with Gasteiger partial charge in [0.1, 0.15) is 6.26 Å². The summed E-state index contributed by atoms with van der Waals surface area (Å²) < 4.78 is 15.7. The summed E-state index contributed by atoms with van der Waals surface area (Å²) in [5.74, 6) is 6.81. The molecule has 2 aliphatic heterocycles. The second kappa shape index (κ2) is 9.88. The first-order valence-electron chi connectivity index (χ1n) is 12.0. The predicted molar refractivity (Wildman–Crippen MR) is 136 cm³/mol. The Morgan fingerprint density at radius 3 is 2.70 bits per heavy atom. The van der Waals surface area contributed by atoms with E-state index in [1.165, 1.54) is 10.8 Å². The fourth-order valence-corrected chi connectivity index (χ4v) is 4.66. The number of ether oxygens (including phenoxy) is 2. The zero-order chi connectivity index (χ0) is 26.1. The van der Waals surface area contributed by atoms with Gasteiger partial charge in [0.05, 0.1) is 24.7 Å². The quantitative estimate of drug-likeness (QED) is 0.518. The normalized spacial score (nSPS) is 19.0. The molecule has 2 aromatic heterocycles. The molecular weight excluding hydrogens is 474 g/mol. The molecule has 3 aromatic rings. The van der Waals surface area contributed by atoms with Crippen molar-refractivity contribution in [2.24, 2.45) is 12.8 Å². The van der Waals surface area contributed by atoms with E-state index in [0.717, 1.165) is 24.0 Å². The summed E-state index contributed by atoms with van der Waals surface area (Å²) in [6.07, 6.45) is 2.52. The van der Waals surface area contributed by atoms with Gasteiger partial charge in [0, 0.05) is 31.7 Å². The van der Waals surface area contributed by atoms with Crippen LogP contribution in [-0.2, 0) is 29.6 Å². The number of rotatable bonds is 5. The molecule has 1 aromatic carbocycles. The number of aryl methyl sites for hydroxylation is 1. The number of imidazole rings is 1. The Kier molecular flexibility index (Phi) is 6.47. The minimum atomic E-state index is -0.730. The van der Waals surface area contributed by atoms with Crippen molar-refractivity contribution in [1.82, 2.24) is 18.7 Å². The number of allylic oxidation sites excluding steroid dienone is 1. The monoisotopic (exact) mass is 501 g/mol. The Labute approximate surface area is 212 Å². The number of aromatic nitrogens is 4. The van der Waals surface area contributed by atoms with Gasteiger partial charge in [-0.05, 0) is 31.9 Å². The fourth-order valence-electron chi connectivity index (χ4n) is 4.66. The first-order valence-corrected chi connectivity index (χ1v) is 12.0. The van der Waals surface area contributed by atoms with Crippen LogP contribution < -0.4 is 21.9 Å². The summed E-state index contributed by atoms with van der Waals surface area (Å²) in [6.45, 7) is 3.25. The summed E-state index contributed by atoms with van der Waals surface area (Å²) >= 11 is 0. The lowest BCUT2D eigenvalue weighted by Gasteiger charge is -2.31. The Morgan fingerprint density at radius 1 is 1.22 bits per heavy atom. The first kappa shape index (κ1) is 24.2. The van der Waals surface area contributed by atoms with Gasteiger partial charge in [-0.25, -0.2) is 4.79 Å². The van der Waals surface area contributed by atoms with Gasteiger partial charge in [-0.15, -0.1) is 5.92 Å². The van der Waals surface area contributed by atoms with Crippen molar-refractivity contribution < 1.29 is 9.47 Å². The third-order valence-electron chi connectivity index (χ3n) is 6.57. The van der Waals surface area contributed by atoms with Gasteiger partial charge in [-0.3, -0.25) is 18.5 Å². The average Bonchev–Trinajstić information content (AvgIpc) is 3.54. The summed E-state index contributed by atoms with van der Waals surface area (Å²) in [6, 6.07) is 8.88. The Bertz CT molecular complexity index is 1590. The molecular formula is C26H27N7O4. The van der Waals surface area contributed by atoms with E-state index in [0.29, 0.717) is 40.5 Å². The molecule has 5 rings (SSSR count). The number of piperidine rings is 1. The average molecular weight is 502 g/mol. The van der Waals surface area contributed by atoms with Crippen LogP contribution in [0.3, 0.4) is 0 Å². The van der Waals surface area contributed by atoms with Gasteiger partial charge in [0.2, 0.25) is 5.95 Å². The van der Waals surface area contributed by atoms with Crippen molar-refractivity contribution in [3.05, 3.63) is 68.3 Å². The van der Waals surface area contributed by atoms with Crippen LogP contribution in [-0.4, -0.2) is 37.8 Å². The number of fused-ring (bicyclic) bond motifs is 1. The van der Waals surface area contributed by atoms with Crippen LogP contribution in [0.25, 0.3) is 11.2 Å². The van der Waals surface area contributed by atoms with Crippen molar-refractivity contribution in [3.63, 3.8) is 0 Å². The van der Waals surface area contributed by atoms with Crippen LogP contribution in [0.5, 0.6) is 0 Å². The van der Waals surface area contributed by atoms with E-state index in [-0.39, 0.29) is 19.1 Å². The molecule has 4 heterocycles. The van der Waals surface area contributed by atoms with Crippen molar-refractivity contribution in [2.75, 3.05) is 18.0 Å². The van der Waals surface area contributed by atoms with Crippen molar-refractivity contribution in [1.29, 1.82) is 5.26 Å². The highest BCUT2D eigenvalue weighted by Crippen LogP contribution is 2.29. The molecule has 0 bridgehead atoms. The van der Waals surface area contributed by atoms with Gasteiger partial charge in [0.25, 0.3) is 11.8 Å². The Hall–Kier alpha value is -4.48. The standard InChI is InChI=1S/C26H27N7O4/c1-3-4-12-32-21-22(29-25(32)31-11-5-6-19(28)14-31)30(2)26(35)33(23(21)34)15-20-16-36-24(37-20)18-9-7-17(13-27)8-10-18/h7-10,16,19,24H,5-6,11-12,14-15,28H2,1-2H3/t19-,24?/m1/s1. The van der Waals surface area contributed by atoms with Crippen LogP contribution in [0.4, 0.5) is 5.95 Å². The molecule has 37 heavy (non-hydrogen) atoms. The van der Waals surface area contributed by atoms with E-state index < -0.39 is 17.5 Å². The molecule has 1 saturated heterocycles. The minimum absolute atomic E-state index is 0.00949. The second-order valence-corrected chi connectivity index (χ2v) is 9.08. The molecule has 11 nitrogen and oxygen atoms in total. The molecule has 0 spiro atoms. The van der Waals surface area contributed by atoms with E-state index in [1.54, 1.807) is 42.8 Å². The highest BCUT2D eigenvalue weighted by molar-refractivity contribution is 5.75. The number of benzene rings is 1. The molecule has 0 aliphatic carbocycles. The van der Waals surface area contributed by atoms with Crippen LogP contribution in [0.2, 0.25) is 0 Å². The Balaban J connectivity index is 1.51. The second-order valence-electron chi connectivity index (χ2n) is 9.08. The molecule has 11 heteroatoms. The molecule has 2 aliphatic rings. The number of hydrogen-bond donors (Lipinski definition) is 1. The van der Waals surface area contributed by atoms with Crippen molar-refractivity contribution >= 4 is 17.1 Å². The maximum absolute atomic E-state index is 13.7. The lowest BCUT2D eigenvalue weighted by Crippen LogP contribution is -2.44. The molecule has 0 amide bonds. The molecule has 0 radical (unpaired) electrons. The van der Waals surface area contributed by atoms with Crippen molar-refractivity contribution in [2.45, 2.75) is 45.2 Å². The van der Waals surface area contributed by atoms with Crippen LogP contribution in [0.1, 0.15) is 37.2 Å². The van der Waals surface area contributed by atoms with E-state index in [2.05, 4.69) is 22.8 Å². The van der Waals surface area contributed by atoms with Gasteiger partial charge < -0.3 is 20.1 Å². The highest BCUT2D eigenvalue weighted by atomic mass is 16.7. The summed E-state index contributed by atoms with van der Waals surface area (Å²) in [7, 11) is 1.59. The molecule has 1 fully saturated rings. The van der Waals surface area contributed by atoms with Gasteiger partial charge in [-0.2, -0.15) is 10.2 Å². The Morgan fingerprint density at radius 2 is 2.00 bits per heavy atom. The molecule has 190 valence electrons. The highest BCUT2D eigenvalue weighted by Gasteiger charge is 2.28. The topological polar surface area (TPSA) is 133 Å². The minimum Gasteiger partial charge on any atom is -0.455 e. The summed E-state index contributed by atoms with van der Waals surface area (Å²) in [4.78, 5) is 33.7. The number of anilines is 1. The van der Waals surface area contributed by atoms with E-state index in [9.17, 15) is 9.59 Å². The zero-order valence-corrected chi connectivity index (χ0v) is 20.7. The summed E-state index contributed by atoms with van der Waals surface area (Å²) in [5, 5.41) is 9.00. The smallest absolute Gasteiger partial charge is 0.332 e. The van der Waals surface area contributed by atoms with E-state index in [1.807, 2.05) is 0 Å². The first-order chi connectivity index (χ1) is 17.9. The van der Waals surface area contributed by atoms with Gasteiger partial charge in [-0.1, -0.05) is 18.1 Å². The third kappa shape index (κ3) is 4.46. The molecule has 0 saturated carbocycles. The third-order valence-corrected chi connectivity index (χ3v) is 6.57. The van der Waals surface area contributed by atoms with E-state index >= 15 is 0 Å². The zero-order valence-electron chi connectivity index (χ0n) is 20.7. The maximum Gasteiger partial charge on any atom is 0.332 e. The number of nitrogens with two attached hydrogens (primary N) is 1. The van der Waals surface area contributed by atoms with Crippen LogP contribution in [0, 0.1) is 23.2 Å². The lowest BCUT2D eigenvalue weighted by molar-refractivity contribution is -0.0363.